The molecule has 1 aromatic heterocycles. The molecule has 128 valence electrons. The molecule has 0 unspecified atom stereocenters. The Labute approximate surface area is 140 Å². The lowest BCUT2D eigenvalue weighted by molar-refractivity contribution is 0.172. The third kappa shape index (κ3) is 2.86. The fourth-order valence-corrected chi connectivity index (χ4v) is 2.65. The van der Waals surface area contributed by atoms with E-state index in [0.717, 1.165) is 18.2 Å². The largest absolute Gasteiger partial charge is 0.493 e. The lowest BCUT2D eigenvalue weighted by atomic mass is 10.2. The quantitative estimate of drug-likeness (QED) is 0.698. The van der Waals surface area contributed by atoms with Crippen molar-refractivity contribution in [3.05, 3.63) is 47.5 Å². The average molecular weight is 345 g/mol. The Morgan fingerprint density at radius 3 is 2.64 bits per heavy atom. The van der Waals surface area contributed by atoms with E-state index in [1.807, 2.05) is 0 Å². The van der Waals surface area contributed by atoms with E-state index in [0.29, 0.717) is 35.6 Å². The lowest BCUT2D eigenvalue weighted by Gasteiger charge is -2.18. The highest BCUT2D eigenvalue weighted by Crippen LogP contribution is 2.42. The fourth-order valence-electron chi connectivity index (χ4n) is 2.65. The molecule has 0 atom stereocenters. The molecule has 0 radical (unpaired) electrons. The van der Waals surface area contributed by atoms with Gasteiger partial charge in [0, 0.05) is 17.0 Å². The molecule has 8 heteroatoms. The SMILES string of the molecule is Oc1[nH]c2cc3c(cc2c1N=NCc1cc(F)ccc1F)OCCO3. The summed E-state index contributed by atoms with van der Waals surface area (Å²) in [6, 6.07) is 6.52. The van der Waals surface area contributed by atoms with Crippen LogP contribution in [0.2, 0.25) is 0 Å². The van der Waals surface area contributed by atoms with Gasteiger partial charge in [0.2, 0.25) is 5.88 Å². The molecule has 6 nitrogen and oxygen atoms in total. The molecule has 0 saturated carbocycles. The normalized spacial score (nSPS) is 13.7. The lowest BCUT2D eigenvalue weighted by Crippen LogP contribution is -2.15. The number of rotatable bonds is 3. The third-order valence-corrected chi connectivity index (χ3v) is 3.83. The second-order valence-electron chi connectivity index (χ2n) is 5.50. The maximum atomic E-state index is 13.6. The first-order valence-electron chi connectivity index (χ1n) is 7.57. The topological polar surface area (TPSA) is 79.2 Å². The molecular formula is C17H13F2N3O3. The van der Waals surface area contributed by atoms with Gasteiger partial charge in [0.05, 0.1) is 12.1 Å². The molecule has 2 N–H and O–H groups in total. The second kappa shape index (κ2) is 6.04. The molecule has 0 aliphatic carbocycles. The number of aromatic amines is 1. The van der Waals surface area contributed by atoms with Crippen LogP contribution in [0.4, 0.5) is 14.5 Å². The number of nitrogens with one attached hydrogen (secondary N) is 1. The van der Waals surface area contributed by atoms with Crippen molar-refractivity contribution in [2.24, 2.45) is 10.2 Å². The van der Waals surface area contributed by atoms with Crippen LogP contribution in [0.25, 0.3) is 10.9 Å². The van der Waals surface area contributed by atoms with Gasteiger partial charge in [0.25, 0.3) is 0 Å². The number of nitrogens with zero attached hydrogens (tertiary/aromatic N) is 2. The summed E-state index contributed by atoms with van der Waals surface area (Å²) >= 11 is 0. The van der Waals surface area contributed by atoms with Gasteiger partial charge in [-0.15, -0.1) is 5.11 Å². The molecule has 0 amide bonds. The van der Waals surface area contributed by atoms with Crippen molar-refractivity contribution < 1.29 is 23.4 Å². The standard InChI is InChI=1S/C17H13F2N3O3/c18-10-1-2-12(19)9(5-10)8-20-22-16-11-6-14-15(25-4-3-24-14)7-13(11)21-17(16)23/h1-2,5-7,21,23H,3-4,8H2. The molecule has 4 rings (SSSR count). The first kappa shape index (κ1) is 15.4. The number of aromatic hydroxyl groups is 1. The summed E-state index contributed by atoms with van der Waals surface area (Å²) in [5.74, 6) is -0.176. The third-order valence-electron chi connectivity index (χ3n) is 3.83. The average Bonchev–Trinajstić information content (AvgIpc) is 2.90. The Morgan fingerprint density at radius 2 is 1.84 bits per heavy atom. The zero-order valence-electron chi connectivity index (χ0n) is 12.9. The van der Waals surface area contributed by atoms with Crippen LogP contribution in [0.1, 0.15) is 5.56 Å². The van der Waals surface area contributed by atoms with Crippen molar-refractivity contribution in [1.82, 2.24) is 4.98 Å². The summed E-state index contributed by atoms with van der Waals surface area (Å²) in [5, 5.41) is 18.5. The van der Waals surface area contributed by atoms with E-state index in [-0.39, 0.29) is 23.7 Å². The Bertz CT molecular complexity index is 985. The molecule has 0 fully saturated rings. The number of halogens is 2. The number of azo groups is 1. The van der Waals surface area contributed by atoms with Gasteiger partial charge in [0.1, 0.15) is 24.8 Å². The molecular weight excluding hydrogens is 332 g/mol. The van der Waals surface area contributed by atoms with E-state index in [4.69, 9.17) is 9.47 Å². The Kier molecular flexibility index (Phi) is 3.72. The van der Waals surface area contributed by atoms with Crippen molar-refractivity contribution in [2.45, 2.75) is 6.54 Å². The minimum atomic E-state index is -0.567. The highest BCUT2D eigenvalue weighted by molar-refractivity contribution is 5.96. The van der Waals surface area contributed by atoms with Crippen molar-refractivity contribution in [2.75, 3.05) is 13.2 Å². The van der Waals surface area contributed by atoms with Crippen molar-refractivity contribution in [3.8, 4) is 17.4 Å². The van der Waals surface area contributed by atoms with Crippen molar-refractivity contribution in [1.29, 1.82) is 0 Å². The van der Waals surface area contributed by atoms with Gasteiger partial charge in [-0.05, 0) is 24.3 Å². The van der Waals surface area contributed by atoms with Crippen LogP contribution in [0, 0.1) is 11.6 Å². The van der Waals surface area contributed by atoms with E-state index in [1.165, 1.54) is 0 Å². The summed E-state index contributed by atoms with van der Waals surface area (Å²) in [5.41, 5.74) is 0.883. The summed E-state index contributed by atoms with van der Waals surface area (Å²) in [6.07, 6.45) is 0. The predicted octanol–water partition coefficient (Wildman–Crippen LogP) is 4.21. The Hall–Kier alpha value is -3.16. The van der Waals surface area contributed by atoms with Gasteiger partial charge in [0.15, 0.2) is 17.2 Å². The van der Waals surface area contributed by atoms with Gasteiger partial charge < -0.3 is 19.6 Å². The summed E-state index contributed by atoms with van der Waals surface area (Å²) in [4.78, 5) is 2.78. The highest BCUT2D eigenvalue weighted by atomic mass is 19.1. The number of hydrogen-bond donors (Lipinski definition) is 2. The molecule has 1 aliphatic rings. The van der Waals surface area contributed by atoms with Gasteiger partial charge in [-0.25, -0.2) is 8.78 Å². The number of ether oxygens (including phenoxy) is 2. The van der Waals surface area contributed by atoms with E-state index in [1.54, 1.807) is 12.1 Å². The minimum absolute atomic E-state index is 0.0807. The first-order valence-corrected chi connectivity index (χ1v) is 7.57. The fraction of sp³-hybridized carbons (Fsp3) is 0.176. The van der Waals surface area contributed by atoms with Crippen molar-refractivity contribution >= 4 is 16.6 Å². The van der Waals surface area contributed by atoms with Gasteiger partial charge in [-0.3, -0.25) is 0 Å². The van der Waals surface area contributed by atoms with Gasteiger partial charge in [-0.1, -0.05) is 0 Å². The van der Waals surface area contributed by atoms with Crippen LogP contribution < -0.4 is 9.47 Å². The highest BCUT2D eigenvalue weighted by Gasteiger charge is 2.18. The first-order chi connectivity index (χ1) is 12.1. The molecule has 0 saturated heterocycles. The number of hydrogen-bond acceptors (Lipinski definition) is 5. The maximum absolute atomic E-state index is 13.6. The Balaban J connectivity index is 1.66. The monoisotopic (exact) mass is 345 g/mol. The molecule has 0 spiro atoms. The van der Waals surface area contributed by atoms with E-state index in [2.05, 4.69) is 15.2 Å². The van der Waals surface area contributed by atoms with E-state index < -0.39 is 11.6 Å². The van der Waals surface area contributed by atoms with Crippen LogP contribution in [0.5, 0.6) is 17.4 Å². The van der Waals surface area contributed by atoms with Crippen molar-refractivity contribution in [3.63, 3.8) is 0 Å². The molecule has 2 aromatic carbocycles. The van der Waals surface area contributed by atoms with Crippen LogP contribution >= 0.6 is 0 Å². The second-order valence-corrected chi connectivity index (χ2v) is 5.50. The summed E-state index contributed by atoms with van der Waals surface area (Å²) in [7, 11) is 0. The number of H-pyrrole nitrogens is 1. The van der Waals surface area contributed by atoms with Crippen LogP contribution in [-0.4, -0.2) is 23.3 Å². The zero-order valence-corrected chi connectivity index (χ0v) is 12.9. The molecule has 0 bridgehead atoms. The molecule has 1 aliphatic heterocycles. The smallest absolute Gasteiger partial charge is 0.218 e. The summed E-state index contributed by atoms with van der Waals surface area (Å²) < 4.78 is 37.8. The maximum Gasteiger partial charge on any atom is 0.218 e. The summed E-state index contributed by atoms with van der Waals surface area (Å²) in [6.45, 7) is 0.738. The number of aromatic nitrogens is 1. The van der Waals surface area contributed by atoms with Crippen LogP contribution in [-0.2, 0) is 6.54 Å². The van der Waals surface area contributed by atoms with Gasteiger partial charge in [-0.2, -0.15) is 5.11 Å². The van der Waals surface area contributed by atoms with Crippen LogP contribution in [0.15, 0.2) is 40.6 Å². The molecule has 2 heterocycles. The van der Waals surface area contributed by atoms with Gasteiger partial charge >= 0.3 is 0 Å². The zero-order chi connectivity index (χ0) is 17.4. The van der Waals surface area contributed by atoms with E-state index >= 15 is 0 Å². The van der Waals surface area contributed by atoms with E-state index in [9.17, 15) is 13.9 Å². The van der Waals surface area contributed by atoms with Crippen LogP contribution in [0.3, 0.4) is 0 Å². The number of benzene rings is 2. The molecule has 3 aromatic rings. The predicted molar refractivity (Wildman–Crippen MR) is 85.5 cm³/mol. The Morgan fingerprint density at radius 1 is 1.08 bits per heavy atom. The number of fused-ring (bicyclic) bond motifs is 2. The minimum Gasteiger partial charge on any atom is -0.493 e. The molecule has 25 heavy (non-hydrogen) atoms.